The summed E-state index contributed by atoms with van der Waals surface area (Å²) in [5.41, 5.74) is 1.69. The molecule has 11 heteroatoms. The van der Waals surface area contributed by atoms with Crippen molar-refractivity contribution in [3.05, 3.63) is 65.0 Å². The van der Waals surface area contributed by atoms with E-state index in [0.717, 1.165) is 12.5 Å². The summed E-state index contributed by atoms with van der Waals surface area (Å²) in [6.07, 6.45) is 4.51. The number of hydrogen-bond donors (Lipinski definition) is 1. The Kier molecular flexibility index (Phi) is 4.84. The summed E-state index contributed by atoms with van der Waals surface area (Å²) in [6.45, 7) is 2.92. The van der Waals surface area contributed by atoms with Crippen molar-refractivity contribution in [2.45, 2.75) is 13.8 Å². The largest absolute Gasteiger partial charge is 0.261 e. The standard InChI is InChI=1S/C16H11F5N6/c1-7-4-24-27(5-7)10-3-9(22-6-23-10)26-25-8(2)11-12(17)14(19)16(21)15(20)13(11)18/h3-6H,1-2H3,(H,22,23,26)/b25-8+. The highest BCUT2D eigenvalue weighted by Gasteiger charge is 2.27. The van der Waals surface area contributed by atoms with Gasteiger partial charge in [0.05, 0.1) is 17.5 Å². The number of halogens is 5. The van der Waals surface area contributed by atoms with Crippen LogP contribution in [-0.4, -0.2) is 25.5 Å². The van der Waals surface area contributed by atoms with Crippen molar-refractivity contribution >= 4 is 11.5 Å². The summed E-state index contributed by atoms with van der Waals surface area (Å²) in [7, 11) is 0. The van der Waals surface area contributed by atoms with Gasteiger partial charge in [-0.05, 0) is 19.4 Å². The molecular formula is C16H11F5N6. The van der Waals surface area contributed by atoms with Gasteiger partial charge in [0, 0.05) is 12.3 Å². The Hall–Kier alpha value is -3.37. The summed E-state index contributed by atoms with van der Waals surface area (Å²) in [5, 5.41) is 7.71. The maximum atomic E-state index is 13.8. The van der Waals surface area contributed by atoms with Gasteiger partial charge in [-0.15, -0.1) is 0 Å². The van der Waals surface area contributed by atoms with Crippen LogP contribution >= 0.6 is 0 Å². The van der Waals surface area contributed by atoms with E-state index in [-0.39, 0.29) is 5.82 Å². The van der Waals surface area contributed by atoms with Gasteiger partial charge in [-0.1, -0.05) is 0 Å². The molecule has 0 saturated heterocycles. The van der Waals surface area contributed by atoms with Crippen LogP contribution in [0.25, 0.3) is 5.82 Å². The second-order valence-corrected chi connectivity index (χ2v) is 5.48. The van der Waals surface area contributed by atoms with Crippen molar-refractivity contribution in [2.75, 3.05) is 5.43 Å². The minimum atomic E-state index is -2.23. The highest BCUT2D eigenvalue weighted by atomic mass is 19.2. The topological polar surface area (TPSA) is 68.0 Å². The molecule has 2 aromatic heterocycles. The van der Waals surface area contributed by atoms with Gasteiger partial charge in [-0.3, -0.25) is 5.43 Å². The van der Waals surface area contributed by atoms with E-state index in [4.69, 9.17) is 0 Å². The number of rotatable bonds is 4. The van der Waals surface area contributed by atoms with E-state index in [1.54, 1.807) is 12.4 Å². The van der Waals surface area contributed by atoms with Gasteiger partial charge in [0.2, 0.25) is 5.82 Å². The molecule has 0 spiro atoms. The molecule has 0 fully saturated rings. The predicted molar refractivity (Wildman–Crippen MR) is 86.0 cm³/mol. The van der Waals surface area contributed by atoms with Gasteiger partial charge in [-0.2, -0.15) is 10.2 Å². The molecule has 0 atom stereocenters. The number of benzene rings is 1. The van der Waals surface area contributed by atoms with E-state index >= 15 is 0 Å². The van der Waals surface area contributed by atoms with Crippen molar-refractivity contribution in [1.29, 1.82) is 0 Å². The molecule has 0 aliphatic carbocycles. The smallest absolute Gasteiger partial charge is 0.200 e. The van der Waals surface area contributed by atoms with Crippen molar-refractivity contribution in [3.8, 4) is 5.82 Å². The Bertz CT molecular complexity index is 1020. The van der Waals surface area contributed by atoms with Crippen LogP contribution in [0.3, 0.4) is 0 Å². The summed E-state index contributed by atoms with van der Waals surface area (Å²) < 4.78 is 68.8. The predicted octanol–water partition coefficient (Wildman–Crippen LogP) is 3.50. The number of hydrogen-bond acceptors (Lipinski definition) is 5. The Balaban J connectivity index is 1.91. The second kappa shape index (κ2) is 7.09. The Morgan fingerprint density at radius 1 is 1.00 bits per heavy atom. The number of aromatic nitrogens is 4. The molecule has 0 saturated carbocycles. The molecule has 1 aromatic carbocycles. The van der Waals surface area contributed by atoms with Gasteiger partial charge < -0.3 is 0 Å². The molecule has 0 unspecified atom stereocenters. The molecular weight excluding hydrogens is 371 g/mol. The lowest BCUT2D eigenvalue weighted by Gasteiger charge is -2.08. The van der Waals surface area contributed by atoms with Crippen LogP contribution in [0.15, 0.2) is 29.9 Å². The first-order valence-corrected chi connectivity index (χ1v) is 7.45. The highest BCUT2D eigenvalue weighted by molar-refractivity contribution is 5.99. The summed E-state index contributed by atoms with van der Waals surface area (Å²) in [6, 6.07) is 1.43. The first-order valence-electron chi connectivity index (χ1n) is 7.45. The molecule has 3 aromatic rings. The van der Waals surface area contributed by atoms with Crippen LogP contribution in [0.5, 0.6) is 0 Å². The normalized spacial score (nSPS) is 11.7. The van der Waals surface area contributed by atoms with E-state index in [1.165, 1.54) is 17.1 Å². The Morgan fingerprint density at radius 3 is 2.22 bits per heavy atom. The molecule has 0 radical (unpaired) electrons. The fourth-order valence-electron chi connectivity index (χ4n) is 2.19. The third kappa shape index (κ3) is 3.48. The first-order chi connectivity index (χ1) is 12.8. The van der Waals surface area contributed by atoms with Gasteiger partial charge in [0.25, 0.3) is 0 Å². The summed E-state index contributed by atoms with van der Waals surface area (Å²) >= 11 is 0. The zero-order valence-corrected chi connectivity index (χ0v) is 13.9. The van der Waals surface area contributed by atoms with Crippen molar-refractivity contribution in [1.82, 2.24) is 19.7 Å². The third-order valence-electron chi connectivity index (χ3n) is 3.51. The van der Waals surface area contributed by atoms with E-state index in [0.29, 0.717) is 5.82 Å². The molecule has 2 heterocycles. The second-order valence-electron chi connectivity index (χ2n) is 5.48. The van der Waals surface area contributed by atoms with E-state index in [1.807, 2.05) is 6.92 Å². The Morgan fingerprint density at radius 2 is 1.63 bits per heavy atom. The van der Waals surface area contributed by atoms with Crippen LogP contribution < -0.4 is 5.43 Å². The van der Waals surface area contributed by atoms with Crippen molar-refractivity contribution in [2.24, 2.45) is 5.10 Å². The quantitative estimate of drug-likeness (QED) is 0.247. The van der Waals surface area contributed by atoms with E-state index in [2.05, 4.69) is 25.6 Å². The minimum absolute atomic E-state index is 0.122. The number of aryl methyl sites for hydroxylation is 1. The lowest BCUT2D eigenvalue weighted by molar-refractivity contribution is 0.377. The minimum Gasteiger partial charge on any atom is -0.261 e. The molecule has 1 N–H and O–H groups in total. The van der Waals surface area contributed by atoms with Crippen LogP contribution in [0, 0.1) is 36.0 Å². The SMILES string of the molecule is C/C(=N\Nc1cc(-n2cc(C)cn2)ncn1)c1c(F)c(F)c(F)c(F)c1F. The number of nitrogens with one attached hydrogen (secondary N) is 1. The van der Waals surface area contributed by atoms with Gasteiger partial charge in [0.15, 0.2) is 34.9 Å². The zero-order valence-electron chi connectivity index (χ0n) is 13.9. The first kappa shape index (κ1) is 18.4. The van der Waals surface area contributed by atoms with Crippen LogP contribution in [0.1, 0.15) is 18.1 Å². The maximum Gasteiger partial charge on any atom is 0.200 e. The highest BCUT2D eigenvalue weighted by Crippen LogP contribution is 2.23. The van der Waals surface area contributed by atoms with Gasteiger partial charge >= 0.3 is 0 Å². The monoisotopic (exact) mass is 382 g/mol. The average molecular weight is 382 g/mol. The molecule has 0 amide bonds. The molecule has 3 rings (SSSR count). The van der Waals surface area contributed by atoms with Crippen LogP contribution in [0.2, 0.25) is 0 Å². The number of anilines is 1. The lowest BCUT2D eigenvalue weighted by atomic mass is 10.1. The summed E-state index contributed by atoms with van der Waals surface area (Å²) in [5.74, 6) is -9.76. The van der Waals surface area contributed by atoms with Crippen molar-refractivity contribution < 1.29 is 22.0 Å². The average Bonchev–Trinajstić information content (AvgIpc) is 3.10. The molecule has 27 heavy (non-hydrogen) atoms. The summed E-state index contributed by atoms with van der Waals surface area (Å²) in [4.78, 5) is 7.87. The number of hydrazone groups is 1. The molecule has 0 aliphatic heterocycles. The molecule has 0 bridgehead atoms. The number of nitrogens with zero attached hydrogens (tertiary/aromatic N) is 5. The van der Waals surface area contributed by atoms with Crippen LogP contribution in [-0.2, 0) is 0 Å². The third-order valence-corrected chi connectivity index (χ3v) is 3.51. The van der Waals surface area contributed by atoms with Crippen LogP contribution in [0.4, 0.5) is 27.8 Å². The Labute approximate surface area is 149 Å². The lowest BCUT2D eigenvalue weighted by Crippen LogP contribution is -2.12. The van der Waals surface area contributed by atoms with E-state index in [9.17, 15) is 22.0 Å². The van der Waals surface area contributed by atoms with E-state index < -0.39 is 40.4 Å². The molecule has 6 nitrogen and oxygen atoms in total. The van der Waals surface area contributed by atoms with Gasteiger partial charge in [0.1, 0.15) is 6.33 Å². The fourth-order valence-corrected chi connectivity index (χ4v) is 2.19. The fraction of sp³-hybridized carbons (Fsp3) is 0.125. The maximum absolute atomic E-state index is 13.8. The molecule has 0 aliphatic rings. The zero-order chi connectivity index (χ0) is 19.7. The van der Waals surface area contributed by atoms with Crippen molar-refractivity contribution in [3.63, 3.8) is 0 Å². The van der Waals surface area contributed by atoms with Gasteiger partial charge in [-0.25, -0.2) is 36.6 Å². The molecule has 140 valence electrons.